The molecule has 0 bridgehead atoms. The van der Waals surface area contributed by atoms with Crippen LogP contribution in [0.5, 0.6) is 0 Å². The van der Waals surface area contributed by atoms with E-state index >= 15 is 0 Å². The van der Waals surface area contributed by atoms with Gasteiger partial charge in [-0.2, -0.15) is 0 Å². The van der Waals surface area contributed by atoms with Crippen LogP contribution >= 0.6 is 15.9 Å². The maximum absolute atomic E-state index is 12.9. The quantitative estimate of drug-likeness (QED) is 0.517. The first-order chi connectivity index (χ1) is 13.2. The largest absolute Gasteiger partial charge is 0.361 e. The highest BCUT2D eigenvalue weighted by molar-refractivity contribution is 9.10. The summed E-state index contributed by atoms with van der Waals surface area (Å²) in [4.78, 5) is 14.8. The van der Waals surface area contributed by atoms with E-state index in [2.05, 4.69) is 22.0 Å². The van der Waals surface area contributed by atoms with Crippen molar-refractivity contribution in [2.75, 3.05) is 0 Å². The van der Waals surface area contributed by atoms with Gasteiger partial charge in [0.05, 0.1) is 12.6 Å². The topological polar surface area (TPSA) is 29.5 Å². The first-order valence-electron chi connectivity index (χ1n) is 8.98. The maximum atomic E-state index is 12.9. The molecule has 0 radical (unpaired) electrons. The molecular formula is C23H20BrNO2. The predicted molar refractivity (Wildman–Crippen MR) is 109 cm³/mol. The molecule has 3 aromatic carbocycles. The Bertz CT molecular complexity index is 914. The second kappa shape index (κ2) is 8.07. The summed E-state index contributed by atoms with van der Waals surface area (Å²) in [5, 5.41) is 0. The van der Waals surface area contributed by atoms with E-state index in [9.17, 15) is 4.79 Å². The molecule has 4 rings (SSSR count). The van der Waals surface area contributed by atoms with Crippen LogP contribution in [0.25, 0.3) is 0 Å². The number of likely N-dealkylation sites (tertiary alicyclic amines) is 1. The van der Waals surface area contributed by atoms with E-state index in [1.165, 1.54) is 0 Å². The van der Waals surface area contributed by atoms with Gasteiger partial charge in [-0.1, -0.05) is 94.8 Å². The van der Waals surface area contributed by atoms with Crippen LogP contribution in [0.1, 0.15) is 22.7 Å². The van der Waals surface area contributed by atoms with E-state index in [1.54, 1.807) is 0 Å². The number of carbonyl (C=O) groups is 1. The number of β-lactam (4-membered cyclic amide) rings is 1. The molecule has 0 aliphatic carbocycles. The summed E-state index contributed by atoms with van der Waals surface area (Å²) in [6.45, 7) is 1.01. The molecular weight excluding hydrogens is 402 g/mol. The molecule has 2 atom stereocenters. The third kappa shape index (κ3) is 3.82. The van der Waals surface area contributed by atoms with Crippen molar-refractivity contribution in [1.82, 2.24) is 4.90 Å². The van der Waals surface area contributed by atoms with Crippen molar-refractivity contribution in [1.29, 1.82) is 0 Å². The molecule has 3 nitrogen and oxygen atoms in total. The number of halogens is 1. The number of hydrogen-bond acceptors (Lipinski definition) is 2. The average Bonchev–Trinajstić information content (AvgIpc) is 2.72. The fraction of sp³-hybridized carbons (Fsp3) is 0.174. The van der Waals surface area contributed by atoms with Gasteiger partial charge < -0.3 is 9.64 Å². The number of ether oxygens (including phenoxy) is 1. The van der Waals surface area contributed by atoms with Crippen LogP contribution < -0.4 is 0 Å². The van der Waals surface area contributed by atoms with Crippen LogP contribution in [0, 0.1) is 0 Å². The summed E-state index contributed by atoms with van der Waals surface area (Å²) in [7, 11) is 0. The van der Waals surface area contributed by atoms with Gasteiger partial charge in [0.15, 0.2) is 6.10 Å². The molecule has 1 aliphatic rings. The Morgan fingerprint density at radius 3 is 2.07 bits per heavy atom. The monoisotopic (exact) mass is 421 g/mol. The second-order valence-corrected chi connectivity index (χ2v) is 7.49. The summed E-state index contributed by atoms with van der Waals surface area (Å²) >= 11 is 3.63. The maximum Gasteiger partial charge on any atom is 0.255 e. The average molecular weight is 422 g/mol. The number of rotatable bonds is 6. The van der Waals surface area contributed by atoms with Gasteiger partial charge in [-0.25, -0.2) is 0 Å². The molecule has 3 aromatic rings. The van der Waals surface area contributed by atoms with Gasteiger partial charge in [0, 0.05) is 11.0 Å². The molecule has 1 saturated heterocycles. The van der Waals surface area contributed by atoms with Crippen LogP contribution in [-0.4, -0.2) is 16.9 Å². The number of amides is 1. The van der Waals surface area contributed by atoms with E-state index in [1.807, 2.05) is 83.8 Å². The summed E-state index contributed by atoms with van der Waals surface area (Å²) in [5.41, 5.74) is 3.26. The Kier molecular flexibility index (Phi) is 5.37. The number of nitrogens with zero attached hydrogens (tertiary/aromatic N) is 1. The predicted octanol–water partition coefficient (Wildman–Crippen LogP) is 5.12. The SMILES string of the molecule is O=C1[C@@H](OCc2ccccc2)[C@@H](c2ccccc2Br)N1Cc1ccccc1. The molecule has 1 heterocycles. The highest BCUT2D eigenvalue weighted by Crippen LogP contribution is 2.41. The van der Waals surface area contributed by atoms with Gasteiger partial charge in [0.25, 0.3) is 5.91 Å². The van der Waals surface area contributed by atoms with E-state index in [-0.39, 0.29) is 11.9 Å². The summed E-state index contributed by atoms with van der Waals surface area (Å²) in [5.74, 6) is 0.0375. The zero-order valence-corrected chi connectivity index (χ0v) is 16.4. The highest BCUT2D eigenvalue weighted by Gasteiger charge is 2.49. The lowest BCUT2D eigenvalue weighted by Crippen LogP contribution is -2.59. The van der Waals surface area contributed by atoms with Gasteiger partial charge in [0.1, 0.15) is 0 Å². The van der Waals surface area contributed by atoms with Crippen molar-refractivity contribution in [3.63, 3.8) is 0 Å². The van der Waals surface area contributed by atoms with E-state index < -0.39 is 6.10 Å². The third-order valence-corrected chi connectivity index (χ3v) is 5.56. The summed E-state index contributed by atoms with van der Waals surface area (Å²) in [6.07, 6.45) is -0.465. The Morgan fingerprint density at radius 2 is 1.41 bits per heavy atom. The summed E-state index contributed by atoms with van der Waals surface area (Å²) < 4.78 is 7.05. The minimum Gasteiger partial charge on any atom is -0.361 e. The van der Waals surface area contributed by atoms with Gasteiger partial charge in [-0.05, 0) is 22.8 Å². The van der Waals surface area contributed by atoms with E-state index in [0.717, 1.165) is 21.2 Å². The Balaban J connectivity index is 1.57. The lowest BCUT2D eigenvalue weighted by molar-refractivity contribution is -0.178. The Morgan fingerprint density at radius 1 is 0.815 bits per heavy atom. The number of benzene rings is 3. The zero-order chi connectivity index (χ0) is 18.6. The van der Waals surface area contributed by atoms with Crippen molar-refractivity contribution < 1.29 is 9.53 Å². The highest BCUT2D eigenvalue weighted by atomic mass is 79.9. The van der Waals surface area contributed by atoms with Gasteiger partial charge in [-0.15, -0.1) is 0 Å². The van der Waals surface area contributed by atoms with Crippen LogP contribution in [-0.2, 0) is 22.7 Å². The first kappa shape index (κ1) is 18.0. The molecule has 0 spiro atoms. The molecule has 1 fully saturated rings. The second-order valence-electron chi connectivity index (χ2n) is 6.64. The van der Waals surface area contributed by atoms with Crippen molar-refractivity contribution >= 4 is 21.8 Å². The van der Waals surface area contributed by atoms with Crippen molar-refractivity contribution in [2.24, 2.45) is 0 Å². The molecule has 27 heavy (non-hydrogen) atoms. The van der Waals surface area contributed by atoms with Crippen LogP contribution in [0.3, 0.4) is 0 Å². The van der Waals surface area contributed by atoms with E-state index in [0.29, 0.717) is 13.2 Å². The molecule has 0 unspecified atom stereocenters. The lowest BCUT2D eigenvalue weighted by Gasteiger charge is -2.47. The fourth-order valence-electron chi connectivity index (χ4n) is 3.44. The molecule has 136 valence electrons. The van der Waals surface area contributed by atoms with Gasteiger partial charge >= 0.3 is 0 Å². The van der Waals surface area contributed by atoms with Gasteiger partial charge in [0.2, 0.25) is 0 Å². The Hall–Kier alpha value is -2.43. The fourth-order valence-corrected chi connectivity index (χ4v) is 3.96. The third-order valence-electron chi connectivity index (χ3n) is 4.84. The normalized spacial score (nSPS) is 19.0. The van der Waals surface area contributed by atoms with Crippen molar-refractivity contribution in [3.05, 3.63) is 106 Å². The van der Waals surface area contributed by atoms with E-state index in [4.69, 9.17) is 4.74 Å². The summed E-state index contributed by atoms with van der Waals surface area (Å²) in [6, 6.07) is 28.0. The molecule has 4 heteroatoms. The lowest BCUT2D eigenvalue weighted by atomic mass is 9.90. The standard InChI is InChI=1S/C23H20BrNO2/c24-20-14-8-7-13-19(20)21-22(27-16-18-11-5-2-6-12-18)23(26)25(21)15-17-9-3-1-4-10-17/h1-14,21-22H,15-16H2/t21-,22+/m1/s1. The van der Waals surface area contributed by atoms with Crippen molar-refractivity contribution in [3.8, 4) is 0 Å². The Labute approximate surface area is 167 Å². The zero-order valence-electron chi connectivity index (χ0n) is 14.8. The van der Waals surface area contributed by atoms with Crippen LogP contribution in [0.15, 0.2) is 89.4 Å². The molecule has 1 amide bonds. The first-order valence-corrected chi connectivity index (χ1v) is 9.78. The van der Waals surface area contributed by atoms with Gasteiger partial charge in [-0.3, -0.25) is 4.79 Å². The molecule has 0 N–H and O–H groups in total. The number of carbonyl (C=O) groups excluding carboxylic acids is 1. The molecule has 1 aliphatic heterocycles. The van der Waals surface area contributed by atoms with Crippen LogP contribution in [0.2, 0.25) is 0 Å². The molecule has 0 aromatic heterocycles. The molecule has 0 saturated carbocycles. The van der Waals surface area contributed by atoms with Crippen LogP contribution in [0.4, 0.5) is 0 Å². The van der Waals surface area contributed by atoms with Crippen molar-refractivity contribution in [2.45, 2.75) is 25.3 Å². The smallest absolute Gasteiger partial charge is 0.255 e. The minimum absolute atomic E-state index is 0.0375. The minimum atomic E-state index is -0.465. The number of hydrogen-bond donors (Lipinski definition) is 0.